The Labute approximate surface area is 135 Å². The summed E-state index contributed by atoms with van der Waals surface area (Å²) < 4.78 is 11.9. The molecule has 0 saturated heterocycles. The van der Waals surface area contributed by atoms with Crippen molar-refractivity contribution in [1.82, 2.24) is 0 Å². The molecule has 2 fully saturated rings. The molecule has 118 valence electrons. The standard InChI is InChI=1S/C20H20O3/c1-22-16-8-5-10-9-12-11-3-2-4-13(12)20-14(11)6-7-15(21)19(20)23-18(16)17(10)20/h5-8,11-14,19H,2-4,9H2,1H3/t11-,12?,13?,14+,19+,20+/m1/s1. The molecule has 4 aliphatic carbocycles. The summed E-state index contributed by atoms with van der Waals surface area (Å²) in [6, 6.07) is 4.24. The van der Waals surface area contributed by atoms with Crippen LogP contribution in [0.1, 0.15) is 30.4 Å². The monoisotopic (exact) mass is 308 g/mol. The maximum atomic E-state index is 12.7. The zero-order chi connectivity index (χ0) is 15.3. The zero-order valence-corrected chi connectivity index (χ0v) is 13.2. The van der Waals surface area contributed by atoms with Gasteiger partial charge in [0.2, 0.25) is 0 Å². The van der Waals surface area contributed by atoms with Gasteiger partial charge >= 0.3 is 0 Å². The smallest absolute Gasteiger partial charge is 0.196 e. The van der Waals surface area contributed by atoms with E-state index in [2.05, 4.69) is 12.1 Å². The summed E-state index contributed by atoms with van der Waals surface area (Å²) in [5.74, 6) is 4.32. The first kappa shape index (κ1) is 12.6. The average Bonchev–Trinajstić information content (AvgIpc) is 2.94. The van der Waals surface area contributed by atoms with Crippen molar-refractivity contribution >= 4 is 5.78 Å². The van der Waals surface area contributed by atoms with Gasteiger partial charge in [-0.3, -0.25) is 4.79 Å². The minimum Gasteiger partial charge on any atom is -0.493 e. The number of hydrogen-bond donors (Lipinski definition) is 0. The first-order valence-electron chi connectivity index (χ1n) is 8.86. The van der Waals surface area contributed by atoms with Crippen LogP contribution in [0.15, 0.2) is 24.3 Å². The second-order valence-electron chi connectivity index (χ2n) is 7.92. The number of carbonyl (C=O) groups is 1. The molecule has 0 amide bonds. The Kier molecular flexibility index (Phi) is 2.10. The van der Waals surface area contributed by atoms with Crippen molar-refractivity contribution < 1.29 is 14.3 Å². The summed E-state index contributed by atoms with van der Waals surface area (Å²) in [6.45, 7) is 0. The van der Waals surface area contributed by atoms with Crippen LogP contribution in [0.3, 0.4) is 0 Å². The van der Waals surface area contributed by atoms with Crippen molar-refractivity contribution in [2.45, 2.75) is 37.2 Å². The van der Waals surface area contributed by atoms with Gasteiger partial charge in [0.25, 0.3) is 0 Å². The number of allylic oxidation sites excluding steroid dienone is 1. The molecule has 4 bridgehead atoms. The molecule has 2 unspecified atom stereocenters. The Balaban J connectivity index is 1.73. The Hall–Kier alpha value is -1.77. The van der Waals surface area contributed by atoms with Gasteiger partial charge in [0.05, 0.1) is 12.5 Å². The summed E-state index contributed by atoms with van der Waals surface area (Å²) in [7, 11) is 1.69. The molecule has 1 aromatic carbocycles. The Morgan fingerprint density at radius 3 is 3.04 bits per heavy atom. The minimum atomic E-state index is -0.321. The van der Waals surface area contributed by atoms with E-state index in [1.54, 1.807) is 13.2 Å². The van der Waals surface area contributed by atoms with E-state index < -0.39 is 0 Å². The molecule has 23 heavy (non-hydrogen) atoms. The highest BCUT2D eigenvalue weighted by Crippen LogP contribution is 2.72. The fourth-order valence-electron chi connectivity index (χ4n) is 6.96. The molecule has 6 atom stereocenters. The highest BCUT2D eigenvalue weighted by molar-refractivity contribution is 5.98. The topological polar surface area (TPSA) is 35.5 Å². The van der Waals surface area contributed by atoms with Crippen molar-refractivity contribution in [1.29, 1.82) is 0 Å². The van der Waals surface area contributed by atoms with Crippen molar-refractivity contribution in [3.8, 4) is 11.5 Å². The van der Waals surface area contributed by atoms with Gasteiger partial charge in [0.1, 0.15) is 0 Å². The van der Waals surface area contributed by atoms with Crippen LogP contribution in [0, 0.1) is 23.7 Å². The Morgan fingerprint density at radius 2 is 2.17 bits per heavy atom. The highest BCUT2D eigenvalue weighted by atomic mass is 16.5. The first-order valence-corrected chi connectivity index (χ1v) is 8.86. The molecule has 1 aliphatic heterocycles. The lowest BCUT2D eigenvalue weighted by atomic mass is 9.56. The molecular weight excluding hydrogens is 288 g/mol. The molecule has 1 heterocycles. The summed E-state index contributed by atoms with van der Waals surface area (Å²) in [5, 5.41) is 0. The zero-order valence-electron chi connectivity index (χ0n) is 13.2. The molecule has 5 aliphatic rings. The lowest BCUT2D eigenvalue weighted by molar-refractivity contribution is -0.125. The van der Waals surface area contributed by atoms with Crippen molar-refractivity contribution in [3.63, 3.8) is 0 Å². The molecule has 0 N–H and O–H groups in total. The lowest BCUT2D eigenvalue weighted by Crippen LogP contribution is -2.53. The fourth-order valence-corrected chi connectivity index (χ4v) is 6.96. The van der Waals surface area contributed by atoms with E-state index in [-0.39, 0.29) is 17.3 Å². The van der Waals surface area contributed by atoms with Gasteiger partial charge in [0.15, 0.2) is 23.4 Å². The predicted octanol–water partition coefficient (Wildman–Crippen LogP) is 3.05. The Bertz CT molecular complexity index is 779. The number of ketones is 1. The van der Waals surface area contributed by atoms with Crippen LogP contribution in [0.5, 0.6) is 11.5 Å². The van der Waals surface area contributed by atoms with Crippen LogP contribution >= 0.6 is 0 Å². The van der Waals surface area contributed by atoms with Crippen LogP contribution in [0.25, 0.3) is 0 Å². The number of hydrogen-bond acceptors (Lipinski definition) is 3. The second-order valence-corrected chi connectivity index (χ2v) is 7.92. The third-order valence-corrected chi connectivity index (χ3v) is 7.46. The van der Waals surface area contributed by atoms with Crippen LogP contribution < -0.4 is 9.47 Å². The SMILES string of the molecule is COc1ccc2c3c1O[C@H]1C(=O)C=C[C@H]4[C@@H]5CCCC(C5C2)[C@]314. The summed E-state index contributed by atoms with van der Waals surface area (Å²) in [6.07, 6.45) is 8.71. The normalized spacial score (nSPS) is 44.0. The third kappa shape index (κ3) is 1.16. The number of carbonyl (C=O) groups excluding carboxylic acids is 1. The van der Waals surface area contributed by atoms with Crippen molar-refractivity contribution in [2.24, 2.45) is 23.7 Å². The molecular formula is C20H20O3. The maximum absolute atomic E-state index is 12.7. The number of benzene rings is 1. The molecule has 2 saturated carbocycles. The fraction of sp³-hybridized carbons (Fsp3) is 0.550. The Morgan fingerprint density at radius 1 is 1.26 bits per heavy atom. The van der Waals surface area contributed by atoms with Crippen molar-refractivity contribution in [3.05, 3.63) is 35.4 Å². The highest BCUT2D eigenvalue weighted by Gasteiger charge is 2.72. The molecule has 3 nitrogen and oxygen atoms in total. The van der Waals surface area contributed by atoms with E-state index >= 15 is 0 Å². The van der Waals surface area contributed by atoms with E-state index in [1.165, 1.54) is 30.4 Å². The van der Waals surface area contributed by atoms with Gasteiger partial charge in [-0.25, -0.2) is 0 Å². The maximum Gasteiger partial charge on any atom is 0.196 e. The quantitative estimate of drug-likeness (QED) is 0.800. The minimum absolute atomic E-state index is 0.102. The molecule has 3 heteroatoms. The van der Waals surface area contributed by atoms with Crippen LogP contribution in [-0.2, 0) is 16.6 Å². The molecule has 0 aromatic heterocycles. The van der Waals surface area contributed by atoms with Gasteiger partial charge in [-0.15, -0.1) is 0 Å². The van der Waals surface area contributed by atoms with E-state index in [0.29, 0.717) is 17.8 Å². The van der Waals surface area contributed by atoms with E-state index in [9.17, 15) is 4.79 Å². The second kappa shape index (κ2) is 3.82. The van der Waals surface area contributed by atoms with Crippen LogP contribution in [-0.4, -0.2) is 19.0 Å². The van der Waals surface area contributed by atoms with Gasteiger partial charge in [-0.1, -0.05) is 18.6 Å². The van der Waals surface area contributed by atoms with Gasteiger partial charge in [-0.05, 0) is 60.6 Å². The molecule has 0 radical (unpaired) electrons. The van der Waals surface area contributed by atoms with Crippen molar-refractivity contribution in [2.75, 3.05) is 7.11 Å². The summed E-state index contributed by atoms with van der Waals surface area (Å²) in [5.41, 5.74) is 2.63. The first-order chi connectivity index (χ1) is 11.3. The third-order valence-electron chi connectivity index (χ3n) is 7.46. The van der Waals surface area contributed by atoms with E-state index in [4.69, 9.17) is 9.47 Å². The van der Waals surface area contributed by atoms with E-state index in [0.717, 1.165) is 23.8 Å². The number of ether oxygens (including phenoxy) is 2. The lowest BCUT2D eigenvalue weighted by Gasteiger charge is -2.44. The van der Waals surface area contributed by atoms with Gasteiger partial charge < -0.3 is 9.47 Å². The average molecular weight is 308 g/mol. The number of methoxy groups -OCH3 is 1. The molecule has 1 aromatic rings. The van der Waals surface area contributed by atoms with Gasteiger partial charge in [0, 0.05) is 5.56 Å². The predicted molar refractivity (Wildman–Crippen MR) is 84.8 cm³/mol. The number of rotatable bonds is 1. The van der Waals surface area contributed by atoms with Gasteiger partial charge in [-0.2, -0.15) is 0 Å². The van der Waals surface area contributed by atoms with Crippen LogP contribution in [0.2, 0.25) is 0 Å². The van der Waals surface area contributed by atoms with Crippen LogP contribution in [0.4, 0.5) is 0 Å². The van der Waals surface area contributed by atoms with E-state index in [1.807, 2.05) is 6.07 Å². The summed E-state index contributed by atoms with van der Waals surface area (Å²) in [4.78, 5) is 12.7. The molecule has 1 spiro atoms. The molecule has 6 rings (SSSR count). The largest absolute Gasteiger partial charge is 0.493 e. The summed E-state index contributed by atoms with van der Waals surface area (Å²) >= 11 is 0. The number of fused-ring (bicyclic) bond motifs is 1.